The monoisotopic (exact) mass is 224 g/mol. The van der Waals surface area contributed by atoms with Gasteiger partial charge in [-0.2, -0.15) is 0 Å². The van der Waals surface area contributed by atoms with E-state index in [1.165, 1.54) is 0 Å². The summed E-state index contributed by atoms with van der Waals surface area (Å²) < 4.78 is 21.6. The quantitative estimate of drug-likeness (QED) is 0.627. The molecule has 5 nitrogen and oxygen atoms in total. The predicted molar refractivity (Wildman–Crippen MR) is 52.4 cm³/mol. The Morgan fingerprint density at radius 2 is 1.79 bits per heavy atom. The molecule has 1 N–H and O–H groups in total. The third kappa shape index (κ3) is 5.50. The maximum absolute atomic E-state index is 11.8. The van der Waals surface area contributed by atoms with Crippen LogP contribution in [-0.2, 0) is 18.4 Å². The molecule has 0 atom stereocenters. The van der Waals surface area contributed by atoms with E-state index in [0.29, 0.717) is 0 Å². The SMILES string of the molecule is CCOP(=O)(CC(=O)CCO)OCC. The number of aliphatic hydroxyl groups is 1. The molecule has 0 saturated carbocycles. The van der Waals surface area contributed by atoms with Crippen molar-refractivity contribution in [3.63, 3.8) is 0 Å². The average molecular weight is 224 g/mol. The molecular weight excluding hydrogens is 207 g/mol. The summed E-state index contributed by atoms with van der Waals surface area (Å²) in [6.45, 7) is 3.61. The molecule has 0 aromatic carbocycles. The molecular formula is C8H17O5P. The first-order valence-corrected chi connectivity index (χ1v) is 6.31. The fourth-order valence-electron chi connectivity index (χ4n) is 0.942. The molecule has 6 heteroatoms. The molecule has 0 amide bonds. The summed E-state index contributed by atoms with van der Waals surface area (Å²) in [4.78, 5) is 11.1. The van der Waals surface area contributed by atoms with Crippen LogP contribution in [0.2, 0.25) is 0 Å². The molecule has 0 aromatic rings. The zero-order valence-corrected chi connectivity index (χ0v) is 9.46. The van der Waals surface area contributed by atoms with E-state index in [1.54, 1.807) is 13.8 Å². The van der Waals surface area contributed by atoms with Gasteiger partial charge in [0.2, 0.25) is 0 Å². The topological polar surface area (TPSA) is 72.8 Å². The van der Waals surface area contributed by atoms with E-state index in [4.69, 9.17) is 14.2 Å². The van der Waals surface area contributed by atoms with Crippen molar-refractivity contribution < 1.29 is 23.5 Å². The van der Waals surface area contributed by atoms with Crippen molar-refractivity contribution in [1.29, 1.82) is 0 Å². The Bertz CT molecular complexity index is 206. The Kier molecular flexibility index (Phi) is 7.01. The van der Waals surface area contributed by atoms with Crippen LogP contribution < -0.4 is 0 Å². The van der Waals surface area contributed by atoms with Crippen molar-refractivity contribution in [2.45, 2.75) is 20.3 Å². The Balaban J connectivity index is 4.21. The lowest BCUT2D eigenvalue weighted by atomic mass is 10.3. The molecule has 0 aliphatic heterocycles. The Labute approximate surface area is 83.9 Å². The van der Waals surface area contributed by atoms with Crippen LogP contribution in [0.25, 0.3) is 0 Å². The third-order valence-electron chi connectivity index (χ3n) is 1.41. The van der Waals surface area contributed by atoms with Gasteiger partial charge in [0.25, 0.3) is 0 Å². The van der Waals surface area contributed by atoms with Crippen LogP contribution in [0, 0.1) is 0 Å². The first kappa shape index (κ1) is 13.8. The van der Waals surface area contributed by atoms with Gasteiger partial charge in [-0.05, 0) is 13.8 Å². The van der Waals surface area contributed by atoms with Crippen molar-refractivity contribution in [1.82, 2.24) is 0 Å². The standard InChI is InChI=1S/C8H17O5P/c1-3-12-14(11,13-4-2)7-8(10)5-6-9/h9H,3-7H2,1-2H3. The van der Waals surface area contributed by atoms with Gasteiger partial charge >= 0.3 is 7.60 Å². The molecule has 14 heavy (non-hydrogen) atoms. The Morgan fingerprint density at radius 1 is 1.29 bits per heavy atom. The number of Topliss-reactive ketones (excluding diaryl/α,β-unsaturated/α-hetero) is 1. The van der Waals surface area contributed by atoms with Gasteiger partial charge in [-0.1, -0.05) is 0 Å². The van der Waals surface area contributed by atoms with E-state index < -0.39 is 7.60 Å². The molecule has 0 heterocycles. The fourth-order valence-corrected chi connectivity index (χ4v) is 2.58. The lowest BCUT2D eigenvalue weighted by Gasteiger charge is -2.15. The van der Waals surface area contributed by atoms with Crippen LogP contribution in [0.3, 0.4) is 0 Å². The molecule has 0 radical (unpaired) electrons. The van der Waals surface area contributed by atoms with Gasteiger partial charge in [-0.3, -0.25) is 9.36 Å². The van der Waals surface area contributed by atoms with Crippen molar-refractivity contribution >= 4 is 13.4 Å². The minimum Gasteiger partial charge on any atom is -0.396 e. The largest absolute Gasteiger partial charge is 0.396 e. The molecule has 0 saturated heterocycles. The van der Waals surface area contributed by atoms with Crippen molar-refractivity contribution in [2.24, 2.45) is 0 Å². The summed E-state index contributed by atoms with van der Waals surface area (Å²) in [6.07, 6.45) is -0.265. The van der Waals surface area contributed by atoms with Crippen LogP contribution in [-0.4, -0.2) is 36.9 Å². The van der Waals surface area contributed by atoms with E-state index >= 15 is 0 Å². The van der Waals surface area contributed by atoms with E-state index in [-0.39, 0.29) is 38.2 Å². The molecule has 0 bridgehead atoms. The highest BCUT2D eigenvalue weighted by Gasteiger charge is 2.26. The van der Waals surface area contributed by atoms with Gasteiger partial charge in [0.1, 0.15) is 11.9 Å². The predicted octanol–water partition coefficient (Wildman–Crippen LogP) is 1.20. The van der Waals surface area contributed by atoms with E-state index in [1.807, 2.05) is 0 Å². The van der Waals surface area contributed by atoms with E-state index in [0.717, 1.165) is 0 Å². The number of carbonyl (C=O) groups is 1. The summed E-state index contributed by atoms with van der Waals surface area (Å²) in [5, 5.41) is 8.50. The summed E-state index contributed by atoms with van der Waals surface area (Å²) in [5.41, 5.74) is 0. The second-order valence-electron chi connectivity index (χ2n) is 2.62. The summed E-state index contributed by atoms with van der Waals surface area (Å²) in [6, 6.07) is 0. The maximum atomic E-state index is 11.8. The molecule has 84 valence electrons. The fraction of sp³-hybridized carbons (Fsp3) is 0.875. The van der Waals surface area contributed by atoms with Gasteiger partial charge in [0.05, 0.1) is 13.2 Å². The van der Waals surface area contributed by atoms with Crippen LogP contribution in [0.5, 0.6) is 0 Å². The van der Waals surface area contributed by atoms with Gasteiger partial charge in [0.15, 0.2) is 0 Å². The van der Waals surface area contributed by atoms with Crippen molar-refractivity contribution in [3.05, 3.63) is 0 Å². The zero-order valence-electron chi connectivity index (χ0n) is 8.56. The zero-order chi connectivity index (χ0) is 11.0. The summed E-state index contributed by atoms with van der Waals surface area (Å²) >= 11 is 0. The van der Waals surface area contributed by atoms with Gasteiger partial charge in [-0.25, -0.2) is 0 Å². The molecule has 0 rings (SSSR count). The number of hydrogen-bond donors (Lipinski definition) is 1. The summed E-state index contributed by atoms with van der Waals surface area (Å²) in [5.74, 6) is -0.308. The maximum Gasteiger partial charge on any atom is 0.338 e. The molecule has 0 aliphatic rings. The average Bonchev–Trinajstić information content (AvgIpc) is 2.04. The van der Waals surface area contributed by atoms with Crippen molar-refractivity contribution in [3.8, 4) is 0 Å². The molecule has 0 unspecified atom stereocenters. The van der Waals surface area contributed by atoms with Crippen molar-refractivity contribution in [2.75, 3.05) is 26.0 Å². The highest BCUT2D eigenvalue weighted by molar-refractivity contribution is 7.54. The van der Waals surface area contributed by atoms with Gasteiger partial charge < -0.3 is 14.2 Å². The highest BCUT2D eigenvalue weighted by Crippen LogP contribution is 2.47. The number of carbonyl (C=O) groups excluding carboxylic acids is 1. The highest BCUT2D eigenvalue weighted by atomic mass is 31.2. The van der Waals surface area contributed by atoms with Gasteiger partial charge in [0, 0.05) is 13.0 Å². The Hall–Kier alpha value is -0.220. The Morgan fingerprint density at radius 3 is 2.14 bits per heavy atom. The lowest BCUT2D eigenvalue weighted by Crippen LogP contribution is -2.11. The van der Waals surface area contributed by atoms with Crippen LogP contribution in [0.15, 0.2) is 0 Å². The smallest absolute Gasteiger partial charge is 0.338 e. The molecule has 0 spiro atoms. The minimum atomic E-state index is -3.27. The number of hydrogen-bond acceptors (Lipinski definition) is 5. The first-order chi connectivity index (χ1) is 6.58. The van der Waals surface area contributed by atoms with Crippen LogP contribution in [0.1, 0.15) is 20.3 Å². The molecule has 0 aliphatic carbocycles. The normalized spacial score (nSPS) is 11.6. The first-order valence-electron chi connectivity index (χ1n) is 4.58. The minimum absolute atomic E-state index is 0.00978. The van der Waals surface area contributed by atoms with E-state index in [2.05, 4.69) is 0 Å². The number of rotatable bonds is 8. The molecule has 0 fully saturated rings. The van der Waals surface area contributed by atoms with E-state index in [9.17, 15) is 9.36 Å². The van der Waals surface area contributed by atoms with Crippen LogP contribution >= 0.6 is 7.60 Å². The number of ketones is 1. The second-order valence-corrected chi connectivity index (χ2v) is 4.67. The third-order valence-corrected chi connectivity index (χ3v) is 3.46. The van der Waals surface area contributed by atoms with Gasteiger partial charge in [-0.15, -0.1) is 0 Å². The molecule has 0 aromatic heterocycles. The number of aliphatic hydroxyl groups excluding tert-OH is 1. The second kappa shape index (κ2) is 7.12. The summed E-state index contributed by atoms with van der Waals surface area (Å²) in [7, 11) is -3.27. The van der Waals surface area contributed by atoms with Crippen LogP contribution in [0.4, 0.5) is 0 Å². The lowest BCUT2D eigenvalue weighted by molar-refractivity contribution is -0.117.